The minimum Gasteiger partial charge on any atom is -0.393 e. The fraction of sp³-hybridized carbons (Fsp3) is 0.889. The average Bonchev–Trinajstić information content (AvgIpc) is 2.61. The van der Waals surface area contributed by atoms with Crippen LogP contribution in [-0.2, 0) is 19.1 Å². The van der Waals surface area contributed by atoms with E-state index >= 15 is 0 Å². The SMILES string of the molecule is COCC(=O)Cl.COCC(=O)NC1CCC(O)CC1.NC1CCC(O)CC1.[HH].[HH].[HH].[HH].[HH]. The Labute approximate surface area is 174 Å². The van der Waals surface area contributed by atoms with E-state index in [-0.39, 0.29) is 44.5 Å². The van der Waals surface area contributed by atoms with Crippen LogP contribution in [0.15, 0.2) is 0 Å². The predicted molar refractivity (Wildman–Crippen MR) is 114 cm³/mol. The molecule has 0 aliphatic heterocycles. The molecule has 5 N–H and O–H groups in total. The highest BCUT2D eigenvalue weighted by molar-refractivity contribution is 6.63. The Morgan fingerprint density at radius 2 is 1.41 bits per heavy atom. The summed E-state index contributed by atoms with van der Waals surface area (Å²) in [6.07, 6.45) is 6.90. The highest BCUT2D eigenvalue weighted by Gasteiger charge is 2.20. The number of aliphatic hydroxyl groups excluding tert-OH is 2. The normalized spacial score (nSPS) is 27.3. The lowest BCUT2D eigenvalue weighted by atomic mass is 9.93. The van der Waals surface area contributed by atoms with E-state index < -0.39 is 5.24 Å². The second-order valence-corrected chi connectivity index (χ2v) is 7.28. The molecule has 0 saturated heterocycles. The van der Waals surface area contributed by atoms with Crippen LogP contribution in [-0.4, -0.2) is 73.1 Å². The summed E-state index contributed by atoms with van der Waals surface area (Å²) in [5.74, 6) is -0.0658. The number of methoxy groups -OCH3 is 2. The number of carbonyl (C=O) groups excluding carboxylic acids is 2. The molecule has 2 aliphatic rings. The first kappa shape index (κ1) is 26.2. The zero-order valence-electron chi connectivity index (χ0n) is 16.4. The van der Waals surface area contributed by atoms with E-state index in [1.54, 1.807) is 0 Å². The molecule has 1 amide bonds. The molecule has 9 heteroatoms. The zero-order valence-corrected chi connectivity index (χ0v) is 17.1. The summed E-state index contributed by atoms with van der Waals surface area (Å²) in [4.78, 5) is 20.8. The van der Waals surface area contributed by atoms with Gasteiger partial charge in [0, 0.05) is 33.4 Å². The first-order valence-corrected chi connectivity index (χ1v) is 9.73. The largest absolute Gasteiger partial charge is 0.393 e. The first-order chi connectivity index (χ1) is 12.8. The molecule has 2 saturated carbocycles. The summed E-state index contributed by atoms with van der Waals surface area (Å²) >= 11 is 4.81. The Morgan fingerprint density at radius 1 is 0.963 bits per heavy atom. The maximum atomic E-state index is 11.1. The van der Waals surface area contributed by atoms with Gasteiger partial charge < -0.3 is 30.7 Å². The molecule has 0 spiro atoms. The van der Waals surface area contributed by atoms with Crippen LogP contribution in [0.4, 0.5) is 0 Å². The Kier molecular flexibility index (Phi) is 15.7. The molecular weight excluding hydrogens is 376 g/mol. The summed E-state index contributed by atoms with van der Waals surface area (Å²) in [5.41, 5.74) is 5.59. The third-order valence-corrected chi connectivity index (χ3v) is 4.45. The van der Waals surface area contributed by atoms with Gasteiger partial charge in [-0.1, -0.05) is 0 Å². The third kappa shape index (κ3) is 15.9. The lowest BCUT2D eigenvalue weighted by Gasteiger charge is -2.25. The van der Waals surface area contributed by atoms with Crippen molar-refractivity contribution in [3.8, 4) is 0 Å². The summed E-state index contributed by atoms with van der Waals surface area (Å²) in [6, 6.07) is 0.587. The quantitative estimate of drug-likeness (QED) is 0.499. The van der Waals surface area contributed by atoms with Crippen LogP contribution in [0.1, 0.15) is 58.5 Å². The number of rotatable bonds is 5. The van der Waals surface area contributed by atoms with Crippen molar-refractivity contribution in [1.29, 1.82) is 0 Å². The number of amides is 1. The van der Waals surface area contributed by atoms with Crippen molar-refractivity contribution < 1.29 is 36.4 Å². The van der Waals surface area contributed by atoms with E-state index in [2.05, 4.69) is 10.1 Å². The summed E-state index contributed by atoms with van der Waals surface area (Å²) < 4.78 is 9.03. The smallest absolute Gasteiger partial charge is 0.247 e. The fourth-order valence-corrected chi connectivity index (χ4v) is 2.94. The van der Waals surface area contributed by atoms with Crippen molar-refractivity contribution in [1.82, 2.24) is 5.32 Å². The molecule has 8 nitrogen and oxygen atoms in total. The second kappa shape index (κ2) is 16.2. The van der Waals surface area contributed by atoms with Crippen molar-refractivity contribution in [2.45, 2.75) is 75.7 Å². The van der Waals surface area contributed by atoms with Gasteiger partial charge in [0.25, 0.3) is 0 Å². The molecule has 0 heterocycles. The number of carbonyl (C=O) groups is 2. The Balaban J connectivity index is -0.0000000786. The molecule has 170 valence electrons. The topological polar surface area (TPSA) is 131 Å². The molecule has 0 aromatic carbocycles. The van der Waals surface area contributed by atoms with E-state index in [0.29, 0.717) is 6.04 Å². The molecule has 0 aromatic rings. The average molecular weight is 421 g/mol. The number of ether oxygens (including phenoxy) is 2. The maximum absolute atomic E-state index is 11.1. The monoisotopic (exact) mass is 420 g/mol. The molecule has 2 aliphatic carbocycles. The van der Waals surface area contributed by atoms with Crippen molar-refractivity contribution in [3.05, 3.63) is 0 Å². The van der Waals surface area contributed by atoms with E-state index in [0.717, 1.165) is 51.4 Å². The minimum atomic E-state index is -0.461. The van der Waals surface area contributed by atoms with Crippen LogP contribution in [0.2, 0.25) is 0 Å². The van der Waals surface area contributed by atoms with Crippen LogP contribution in [0.3, 0.4) is 0 Å². The predicted octanol–water partition coefficient (Wildman–Crippen LogP) is 1.93. The van der Waals surface area contributed by atoms with Gasteiger partial charge in [0.2, 0.25) is 11.1 Å². The van der Waals surface area contributed by atoms with Crippen LogP contribution < -0.4 is 11.1 Å². The van der Waals surface area contributed by atoms with Crippen molar-refractivity contribution in [2.24, 2.45) is 5.73 Å². The number of hydrogen-bond donors (Lipinski definition) is 4. The maximum Gasteiger partial charge on any atom is 0.247 e. The summed E-state index contributed by atoms with van der Waals surface area (Å²) in [7, 11) is 2.92. The molecule has 0 atom stereocenters. The van der Waals surface area contributed by atoms with Gasteiger partial charge in [-0.2, -0.15) is 0 Å². The van der Waals surface area contributed by atoms with Crippen LogP contribution in [0.5, 0.6) is 0 Å². The minimum absolute atomic E-state index is 0. The zero-order chi connectivity index (χ0) is 20.7. The van der Waals surface area contributed by atoms with Gasteiger partial charge in [0.1, 0.15) is 13.2 Å². The summed E-state index contributed by atoms with van der Waals surface area (Å²) in [5, 5.41) is 20.6. The van der Waals surface area contributed by atoms with Crippen LogP contribution >= 0.6 is 11.6 Å². The van der Waals surface area contributed by atoms with Crippen molar-refractivity contribution >= 4 is 22.8 Å². The second-order valence-electron chi connectivity index (χ2n) is 6.86. The standard InChI is InChI=1S/C9H17NO3.C6H13NO.C3H5ClO2.5H2/c1-13-6-9(12)10-7-2-4-8(11)5-3-7;7-5-1-3-6(8)4-2-5;1-6-2-3(4)5;;;;;/h7-8,11H,2-6H2,1H3,(H,10,12);5-6,8H,1-4,7H2;2H2,1H3;5*1H. The van der Waals surface area contributed by atoms with Crippen LogP contribution in [0.25, 0.3) is 0 Å². The van der Waals surface area contributed by atoms with E-state index in [1.807, 2.05) is 0 Å². The number of halogens is 1. The highest BCUT2D eigenvalue weighted by atomic mass is 35.5. The van der Waals surface area contributed by atoms with Gasteiger partial charge in [0.05, 0.1) is 12.2 Å². The fourth-order valence-electron chi connectivity index (χ4n) is 2.84. The number of hydrogen-bond acceptors (Lipinski definition) is 7. The van der Waals surface area contributed by atoms with E-state index in [1.165, 1.54) is 14.2 Å². The Hall–Kier alpha value is -0.770. The molecular formula is C18H45ClN2O6. The van der Waals surface area contributed by atoms with E-state index in [9.17, 15) is 14.7 Å². The molecule has 27 heavy (non-hydrogen) atoms. The van der Waals surface area contributed by atoms with Crippen molar-refractivity contribution in [3.63, 3.8) is 0 Å². The number of nitrogens with one attached hydrogen (secondary N) is 1. The highest BCUT2D eigenvalue weighted by Crippen LogP contribution is 2.18. The van der Waals surface area contributed by atoms with Gasteiger partial charge in [-0.25, -0.2) is 0 Å². The Bertz CT molecular complexity index is 407. The summed E-state index contributed by atoms with van der Waals surface area (Å²) in [6.45, 7) is 0.126. The number of aliphatic hydroxyl groups is 2. The third-order valence-electron chi connectivity index (χ3n) is 4.34. The lowest BCUT2D eigenvalue weighted by molar-refractivity contribution is -0.125. The van der Waals surface area contributed by atoms with E-state index in [4.69, 9.17) is 27.2 Å². The van der Waals surface area contributed by atoms with Gasteiger partial charge in [-0.05, 0) is 63.0 Å². The van der Waals surface area contributed by atoms with Gasteiger partial charge in [-0.3, -0.25) is 9.59 Å². The van der Waals surface area contributed by atoms with Gasteiger partial charge in [-0.15, -0.1) is 0 Å². The van der Waals surface area contributed by atoms with Crippen molar-refractivity contribution in [2.75, 3.05) is 27.4 Å². The van der Waals surface area contributed by atoms with Gasteiger partial charge >= 0.3 is 0 Å². The first-order valence-electron chi connectivity index (χ1n) is 9.35. The molecule has 0 bridgehead atoms. The molecule has 0 unspecified atom stereocenters. The van der Waals surface area contributed by atoms with Crippen LogP contribution in [0, 0.1) is 0 Å². The van der Waals surface area contributed by atoms with Gasteiger partial charge in [0.15, 0.2) is 0 Å². The molecule has 2 fully saturated rings. The Morgan fingerprint density at radius 3 is 1.74 bits per heavy atom. The molecule has 0 aromatic heterocycles. The molecule has 2 rings (SSSR count). The number of nitrogens with two attached hydrogens (primary N) is 1. The lowest BCUT2D eigenvalue weighted by Crippen LogP contribution is -2.40. The molecule has 0 radical (unpaired) electrons.